The second kappa shape index (κ2) is 5.94. The Balaban J connectivity index is 2.08. The molecule has 2 N–H and O–H groups in total. The van der Waals surface area contributed by atoms with Gasteiger partial charge in [-0.05, 0) is 31.0 Å². The summed E-state index contributed by atoms with van der Waals surface area (Å²) in [7, 11) is 0. The largest absolute Gasteiger partial charge is 0.391 e. The predicted molar refractivity (Wildman–Crippen MR) is 73.0 cm³/mol. The van der Waals surface area contributed by atoms with Gasteiger partial charge in [-0.1, -0.05) is 42.5 Å². The van der Waals surface area contributed by atoms with E-state index in [-0.39, 0.29) is 12.1 Å². The van der Waals surface area contributed by atoms with E-state index in [0.29, 0.717) is 10.0 Å². The first-order valence-corrected chi connectivity index (χ1v) is 6.82. The van der Waals surface area contributed by atoms with E-state index in [1.54, 1.807) is 12.1 Å². The third-order valence-electron chi connectivity index (χ3n) is 3.25. The molecule has 2 nitrogen and oxygen atoms in total. The fraction of sp³-hybridized carbons (Fsp3) is 0.538. The Morgan fingerprint density at radius 3 is 2.65 bits per heavy atom. The first kappa shape index (κ1) is 13.0. The minimum Gasteiger partial charge on any atom is -0.391 e. The second-order valence-electron chi connectivity index (χ2n) is 4.58. The molecule has 0 bridgehead atoms. The summed E-state index contributed by atoms with van der Waals surface area (Å²) in [4.78, 5) is 0. The quantitative estimate of drug-likeness (QED) is 0.796. The summed E-state index contributed by atoms with van der Waals surface area (Å²) < 4.78 is 0. The maximum Gasteiger partial charge on any atom is 0.0741 e. The van der Waals surface area contributed by atoms with Crippen LogP contribution in [0.4, 0.5) is 5.69 Å². The normalized spacial score (nSPS) is 25.4. The lowest BCUT2D eigenvalue weighted by Gasteiger charge is -2.23. The van der Waals surface area contributed by atoms with E-state index >= 15 is 0 Å². The number of aliphatic hydroxyl groups is 1. The number of rotatable bonds is 2. The van der Waals surface area contributed by atoms with Crippen molar-refractivity contribution in [2.24, 2.45) is 0 Å². The highest BCUT2D eigenvalue weighted by Crippen LogP contribution is 2.28. The summed E-state index contributed by atoms with van der Waals surface area (Å²) in [6.07, 6.45) is 5.02. The van der Waals surface area contributed by atoms with Gasteiger partial charge >= 0.3 is 0 Å². The molecular weight excluding hydrogens is 257 g/mol. The van der Waals surface area contributed by atoms with Crippen LogP contribution in [0.5, 0.6) is 0 Å². The Bertz CT molecular complexity index is 384. The topological polar surface area (TPSA) is 32.3 Å². The van der Waals surface area contributed by atoms with Crippen LogP contribution in [-0.4, -0.2) is 17.3 Å². The number of aliphatic hydroxyl groups excluding tert-OH is 1. The number of hydrogen-bond donors (Lipinski definition) is 2. The van der Waals surface area contributed by atoms with E-state index < -0.39 is 0 Å². The van der Waals surface area contributed by atoms with Crippen LogP contribution in [-0.2, 0) is 0 Å². The van der Waals surface area contributed by atoms with Gasteiger partial charge in [0.15, 0.2) is 0 Å². The van der Waals surface area contributed by atoms with Gasteiger partial charge in [-0.15, -0.1) is 0 Å². The van der Waals surface area contributed by atoms with Crippen molar-refractivity contribution in [1.29, 1.82) is 0 Å². The summed E-state index contributed by atoms with van der Waals surface area (Å²) in [5.74, 6) is 0. The van der Waals surface area contributed by atoms with Gasteiger partial charge < -0.3 is 10.4 Å². The minimum absolute atomic E-state index is 0.0937. The Morgan fingerprint density at radius 2 is 1.88 bits per heavy atom. The number of anilines is 1. The molecule has 1 fully saturated rings. The third-order valence-corrected chi connectivity index (χ3v) is 3.80. The molecule has 0 saturated heterocycles. The maximum atomic E-state index is 10.0. The summed E-state index contributed by atoms with van der Waals surface area (Å²) in [6.45, 7) is 0. The first-order valence-electron chi connectivity index (χ1n) is 6.06. The van der Waals surface area contributed by atoms with Crippen LogP contribution in [0.15, 0.2) is 18.2 Å². The molecule has 1 saturated carbocycles. The molecule has 2 rings (SSSR count). The Labute approximate surface area is 112 Å². The third kappa shape index (κ3) is 3.51. The summed E-state index contributed by atoms with van der Waals surface area (Å²) in [5.41, 5.74) is 0.849. The molecule has 1 aliphatic rings. The van der Waals surface area contributed by atoms with E-state index in [0.717, 1.165) is 31.4 Å². The van der Waals surface area contributed by atoms with Crippen LogP contribution in [0.2, 0.25) is 10.0 Å². The molecular formula is C13H17Cl2NO. The standard InChI is InChI=1S/C13H17Cl2NO/c14-9-6-7-11(10(15)8-9)16-12-4-2-1-3-5-13(12)17/h6-8,12-13,16-17H,1-5H2. The van der Waals surface area contributed by atoms with Crippen LogP contribution in [0.25, 0.3) is 0 Å². The molecule has 94 valence electrons. The summed E-state index contributed by atoms with van der Waals surface area (Å²) >= 11 is 12.0. The van der Waals surface area contributed by atoms with Crippen molar-refractivity contribution in [3.63, 3.8) is 0 Å². The monoisotopic (exact) mass is 273 g/mol. The van der Waals surface area contributed by atoms with Gasteiger partial charge in [0.25, 0.3) is 0 Å². The molecule has 1 aromatic carbocycles. The zero-order valence-corrected chi connectivity index (χ0v) is 11.1. The molecule has 0 aromatic heterocycles. The van der Waals surface area contributed by atoms with Gasteiger partial charge in [0.1, 0.15) is 0 Å². The highest BCUT2D eigenvalue weighted by atomic mass is 35.5. The fourth-order valence-electron chi connectivity index (χ4n) is 2.26. The first-order chi connectivity index (χ1) is 8.16. The Hall–Kier alpha value is -0.440. The highest BCUT2D eigenvalue weighted by Gasteiger charge is 2.21. The molecule has 2 atom stereocenters. The van der Waals surface area contributed by atoms with Gasteiger partial charge in [-0.25, -0.2) is 0 Å². The number of nitrogens with one attached hydrogen (secondary N) is 1. The lowest BCUT2D eigenvalue weighted by Crippen LogP contribution is -2.32. The van der Waals surface area contributed by atoms with Crippen molar-refractivity contribution in [3.05, 3.63) is 28.2 Å². The van der Waals surface area contributed by atoms with Crippen molar-refractivity contribution < 1.29 is 5.11 Å². The van der Waals surface area contributed by atoms with Gasteiger partial charge in [0.05, 0.1) is 22.9 Å². The van der Waals surface area contributed by atoms with Crippen LogP contribution in [0, 0.1) is 0 Å². The SMILES string of the molecule is OC1CCCCCC1Nc1ccc(Cl)cc1Cl. The molecule has 0 spiro atoms. The van der Waals surface area contributed by atoms with Crippen molar-refractivity contribution in [2.75, 3.05) is 5.32 Å². The van der Waals surface area contributed by atoms with Crippen molar-refractivity contribution >= 4 is 28.9 Å². The van der Waals surface area contributed by atoms with E-state index in [4.69, 9.17) is 23.2 Å². The molecule has 2 unspecified atom stereocenters. The lowest BCUT2D eigenvalue weighted by molar-refractivity contribution is 0.144. The van der Waals surface area contributed by atoms with Gasteiger partial charge in [0, 0.05) is 5.02 Å². The molecule has 4 heteroatoms. The Kier molecular flexibility index (Phi) is 4.55. The highest BCUT2D eigenvalue weighted by molar-refractivity contribution is 6.36. The van der Waals surface area contributed by atoms with Crippen molar-refractivity contribution in [1.82, 2.24) is 0 Å². The molecule has 0 amide bonds. The summed E-state index contributed by atoms with van der Waals surface area (Å²) in [6, 6.07) is 5.48. The van der Waals surface area contributed by atoms with Crippen LogP contribution >= 0.6 is 23.2 Å². The number of hydrogen-bond acceptors (Lipinski definition) is 2. The van der Waals surface area contributed by atoms with Crippen molar-refractivity contribution in [3.8, 4) is 0 Å². The predicted octanol–water partition coefficient (Wildman–Crippen LogP) is 4.10. The van der Waals surface area contributed by atoms with E-state index in [9.17, 15) is 5.11 Å². The molecule has 0 aliphatic heterocycles. The van der Waals surface area contributed by atoms with Crippen molar-refractivity contribution in [2.45, 2.75) is 44.2 Å². The molecule has 0 heterocycles. The second-order valence-corrected chi connectivity index (χ2v) is 5.42. The van der Waals surface area contributed by atoms with E-state index in [1.165, 1.54) is 6.42 Å². The fourth-order valence-corrected chi connectivity index (χ4v) is 2.73. The zero-order chi connectivity index (χ0) is 12.3. The van der Waals surface area contributed by atoms with Crippen LogP contribution in [0.3, 0.4) is 0 Å². The molecule has 0 radical (unpaired) electrons. The Morgan fingerprint density at radius 1 is 1.12 bits per heavy atom. The smallest absolute Gasteiger partial charge is 0.0741 e. The molecule has 1 aliphatic carbocycles. The number of benzene rings is 1. The van der Waals surface area contributed by atoms with Gasteiger partial charge in [-0.3, -0.25) is 0 Å². The van der Waals surface area contributed by atoms with E-state index in [1.807, 2.05) is 6.07 Å². The average molecular weight is 274 g/mol. The molecule has 17 heavy (non-hydrogen) atoms. The van der Waals surface area contributed by atoms with Crippen LogP contribution in [0.1, 0.15) is 32.1 Å². The zero-order valence-electron chi connectivity index (χ0n) is 9.63. The number of halogens is 2. The van der Waals surface area contributed by atoms with Gasteiger partial charge in [0.2, 0.25) is 0 Å². The average Bonchev–Trinajstić information content (AvgIpc) is 2.48. The van der Waals surface area contributed by atoms with Crippen LogP contribution < -0.4 is 5.32 Å². The summed E-state index contributed by atoms with van der Waals surface area (Å²) in [5, 5.41) is 14.6. The minimum atomic E-state index is -0.288. The molecule has 1 aromatic rings. The lowest BCUT2D eigenvalue weighted by atomic mass is 10.1. The van der Waals surface area contributed by atoms with Gasteiger partial charge in [-0.2, -0.15) is 0 Å². The maximum absolute atomic E-state index is 10.0. The van der Waals surface area contributed by atoms with E-state index in [2.05, 4.69) is 5.32 Å².